The Bertz CT molecular complexity index is 380. The average Bonchev–Trinajstić information content (AvgIpc) is 2.51. The molecule has 0 aromatic rings. The molecule has 0 aliphatic heterocycles. The first kappa shape index (κ1) is 25.6. The maximum Gasteiger partial charge on any atom is 0.320 e. The van der Waals surface area contributed by atoms with Crippen LogP contribution in [0.2, 0.25) is 18.1 Å². The van der Waals surface area contributed by atoms with Gasteiger partial charge < -0.3 is 9.53 Å². The molecule has 4 nitrogen and oxygen atoms in total. The summed E-state index contributed by atoms with van der Waals surface area (Å²) in [5.74, 6) is -0.768. The monoisotopic (exact) mass is 387 g/mol. The van der Waals surface area contributed by atoms with Crippen molar-refractivity contribution in [2.45, 2.75) is 129 Å². The van der Waals surface area contributed by atoms with Crippen LogP contribution in [0.3, 0.4) is 0 Å². The number of carboxylic acid groups (broad SMARTS) is 1. The predicted molar refractivity (Wildman–Crippen MR) is 114 cm³/mol. The summed E-state index contributed by atoms with van der Waals surface area (Å²) in [6.45, 7) is 15.4. The van der Waals surface area contributed by atoms with Crippen LogP contribution in [0.15, 0.2) is 0 Å². The van der Waals surface area contributed by atoms with Crippen molar-refractivity contribution in [3.63, 3.8) is 0 Å². The van der Waals surface area contributed by atoms with E-state index >= 15 is 0 Å². The molecule has 2 atom stereocenters. The fraction of sp³-hybridized carbons (Fsp3) is 0.952. The van der Waals surface area contributed by atoms with Crippen molar-refractivity contribution in [1.82, 2.24) is 5.32 Å². The van der Waals surface area contributed by atoms with E-state index in [4.69, 9.17) is 4.43 Å². The second-order valence-electron chi connectivity index (χ2n) is 9.12. The molecule has 2 unspecified atom stereocenters. The van der Waals surface area contributed by atoms with E-state index in [2.05, 4.69) is 46.1 Å². The maximum absolute atomic E-state index is 11.6. The molecular formula is C21H45NO3Si. The van der Waals surface area contributed by atoms with E-state index in [9.17, 15) is 9.90 Å². The van der Waals surface area contributed by atoms with Gasteiger partial charge in [0.15, 0.2) is 8.32 Å². The third-order valence-electron chi connectivity index (χ3n) is 5.58. The number of hydrogen-bond acceptors (Lipinski definition) is 3. The van der Waals surface area contributed by atoms with Crippen LogP contribution < -0.4 is 5.32 Å². The molecule has 0 aliphatic carbocycles. The first-order valence-corrected chi connectivity index (χ1v) is 13.6. The molecular weight excluding hydrogens is 342 g/mol. The van der Waals surface area contributed by atoms with Crippen LogP contribution in [0.25, 0.3) is 0 Å². The number of unbranched alkanes of at least 4 members (excludes halogenated alkanes) is 6. The summed E-state index contributed by atoms with van der Waals surface area (Å²) < 4.78 is 6.54. The lowest BCUT2D eigenvalue weighted by molar-refractivity contribution is -0.140. The zero-order valence-corrected chi connectivity index (χ0v) is 19.5. The van der Waals surface area contributed by atoms with Crippen molar-refractivity contribution in [1.29, 1.82) is 0 Å². The van der Waals surface area contributed by atoms with Crippen LogP contribution in [0.4, 0.5) is 0 Å². The molecule has 0 heterocycles. The number of nitrogens with one attached hydrogen (secondary N) is 1. The number of hydrogen-bond donors (Lipinski definition) is 2. The summed E-state index contributed by atoms with van der Waals surface area (Å²) >= 11 is 0. The van der Waals surface area contributed by atoms with E-state index in [1.54, 1.807) is 0 Å². The van der Waals surface area contributed by atoms with Crippen molar-refractivity contribution in [3.05, 3.63) is 0 Å². The molecule has 5 heteroatoms. The third kappa shape index (κ3) is 10.7. The lowest BCUT2D eigenvalue weighted by Gasteiger charge is -2.40. The molecule has 26 heavy (non-hydrogen) atoms. The summed E-state index contributed by atoms with van der Waals surface area (Å²) in [6.07, 6.45) is 11.1. The quantitative estimate of drug-likeness (QED) is 0.196. The molecule has 0 radical (unpaired) electrons. The molecule has 2 N–H and O–H groups in total. The molecule has 0 fully saturated rings. The van der Waals surface area contributed by atoms with E-state index in [0.717, 1.165) is 19.3 Å². The molecule has 156 valence electrons. The van der Waals surface area contributed by atoms with Gasteiger partial charge in [0.25, 0.3) is 0 Å². The molecule has 0 amide bonds. The van der Waals surface area contributed by atoms with Gasteiger partial charge in [-0.1, -0.05) is 79.6 Å². The first-order valence-electron chi connectivity index (χ1n) is 10.7. The summed E-state index contributed by atoms with van der Waals surface area (Å²) in [5, 5.41) is 12.9. The lowest BCUT2D eigenvalue weighted by Crippen LogP contribution is -2.52. The van der Waals surface area contributed by atoms with Crippen LogP contribution >= 0.6 is 0 Å². The minimum absolute atomic E-state index is 0.122. The predicted octanol–water partition coefficient (Wildman–Crippen LogP) is 6.32. The molecule has 0 saturated heterocycles. The summed E-state index contributed by atoms with van der Waals surface area (Å²) in [7, 11) is -1.93. The minimum Gasteiger partial charge on any atom is -0.480 e. The van der Waals surface area contributed by atoms with Crippen LogP contribution in [0.5, 0.6) is 0 Å². The molecule has 0 spiro atoms. The Kier molecular flexibility index (Phi) is 12.7. The second kappa shape index (κ2) is 12.9. The second-order valence-corrected chi connectivity index (χ2v) is 13.9. The normalized spacial score (nSPS) is 15.0. The van der Waals surface area contributed by atoms with E-state index in [0.29, 0.717) is 6.42 Å². The van der Waals surface area contributed by atoms with E-state index in [1.165, 1.54) is 38.5 Å². The van der Waals surface area contributed by atoms with Gasteiger partial charge in [0.05, 0.1) is 6.23 Å². The van der Waals surface area contributed by atoms with Gasteiger partial charge in [-0.15, -0.1) is 0 Å². The summed E-state index contributed by atoms with van der Waals surface area (Å²) in [4.78, 5) is 11.6. The Morgan fingerprint density at radius 1 is 0.962 bits per heavy atom. The van der Waals surface area contributed by atoms with Gasteiger partial charge in [-0.25, -0.2) is 0 Å². The van der Waals surface area contributed by atoms with Gasteiger partial charge in [-0.3, -0.25) is 10.1 Å². The highest BCUT2D eigenvalue weighted by atomic mass is 28.4. The maximum atomic E-state index is 11.6. The highest BCUT2D eigenvalue weighted by Crippen LogP contribution is 2.37. The van der Waals surface area contributed by atoms with Crippen molar-refractivity contribution in [3.8, 4) is 0 Å². The zero-order valence-electron chi connectivity index (χ0n) is 18.5. The van der Waals surface area contributed by atoms with Crippen LogP contribution in [-0.4, -0.2) is 31.7 Å². The van der Waals surface area contributed by atoms with E-state index in [1.807, 2.05) is 6.92 Å². The Morgan fingerprint density at radius 2 is 1.50 bits per heavy atom. The van der Waals surface area contributed by atoms with Crippen molar-refractivity contribution < 1.29 is 14.3 Å². The number of carboxylic acids is 1. The third-order valence-corrected chi connectivity index (χ3v) is 10.1. The van der Waals surface area contributed by atoms with Crippen LogP contribution in [-0.2, 0) is 9.22 Å². The Hall–Kier alpha value is -0.393. The number of aliphatic carboxylic acids is 1. The minimum atomic E-state index is -1.93. The number of rotatable bonds is 15. The largest absolute Gasteiger partial charge is 0.480 e. The molecule has 0 bridgehead atoms. The smallest absolute Gasteiger partial charge is 0.320 e. The SMILES string of the molecule is CCCCCCCCCC(NC(CCC)C(=O)O)O[Si](C)(C)C(C)(C)C. The molecule has 0 aromatic carbocycles. The Balaban J connectivity index is 4.70. The highest BCUT2D eigenvalue weighted by Gasteiger charge is 2.39. The topological polar surface area (TPSA) is 58.6 Å². The highest BCUT2D eigenvalue weighted by molar-refractivity contribution is 6.74. The lowest BCUT2D eigenvalue weighted by atomic mass is 10.1. The van der Waals surface area contributed by atoms with Crippen molar-refractivity contribution in [2.75, 3.05) is 0 Å². The van der Waals surface area contributed by atoms with Gasteiger partial charge in [-0.2, -0.15) is 0 Å². The first-order chi connectivity index (χ1) is 12.0. The van der Waals surface area contributed by atoms with Gasteiger partial charge in [0.2, 0.25) is 0 Å². The van der Waals surface area contributed by atoms with Crippen LogP contribution in [0.1, 0.15) is 98.8 Å². The molecule has 0 rings (SSSR count). The van der Waals surface area contributed by atoms with Gasteiger partial charge in [0.1, 0.15) is 6.04 Å². The Labute approximate surface area is 163 Å². The fourth-order valence-electron chi connectivity index (χ4n) is 2.79. The van der Waals surface area contributed by atoms with Gasteiger partial charge in [-0.05, 0) is 37.4 Å². The fourth-order valence-corrected chi connectivity index (χ4v) is 4.04. The van der Waals surface area contributed by atoms with Crippen LogP contribution in [0, 0.1) is 0 Å². The van der Waals surface area contributed by atoms with Crippen molar-refractivity contribution in [2.24, 2.45) is 0 Å². The van der Waals surface area contributed by atoms with Gasteiger partial charge >= 0.3 is 5.97 Å². The standard InChI is InChI=1S/C21H45NO3Si/c1-8-10-11-12-13-14-15-17-19(22-18(16-9-2)20(23)24)25-26(6,7)21(3,4)5/h18-19,22H,8-17H2,1-7H3,(H,23,24). The summed E-state index contributed by atoms with van der Waals surface area (Å²) in [6, 6.07) is -0.515. The zero-order chi connectivity index (χ0) is 20.2. The van der Waals surface area contributed by atoms with E-state index in [-0.39, 0.29) is 11.3 Å². The molecule has 0 aliphatic rings. The van der Waals surface area contributed by atoms with E-state index < -0.39 is 20.3 Å². The average molecular weight is 388 g/mol. The Morgan fingerprint density at radius 3 is 1.96 bits per heavy atom. The van der Waals surface area contributed by atoms with Gasteiger partial charge in [0, 0.05) is 0 Å². The summed E-state index contributed by atoms with van der Waals surface area (Å²) in [5.41, 5.74) is 0. The molecule has 0 aromatic heterocycles. The number of carbonyl (C=O) groups is 1. The van der Waals surface area contributed by atoms with Crippen molar-refractivity contribution >= 4 is 14.3 Å². The molecule has 0 saturated carbocycles.